The van der Waals surface area contributed by atoms with E-state index in [1.54, 1.807) is 0 Å². The molecule has 0 amide bonds. The number of fused-ring (bicyclic) bond motifs is 2. The Morgan fingerprint density at radius 2 is 1.90 bits per heavy atom. The zero-order valence-electron chi connectivity index (χ0n) is 11.5. The second-order valence-electron chi connectivity index (χ2n) is 5.42. The summed E-state index contributed by atoms with van der Waals surface area (Å²) in [4.78, 5) is 11.7. The van der Waals surface area contributed by atoms with Crippen molar-refractivity contribution in [1.29, 1.82) is 0 Å². The van der Waals surface area contributed by atoms with Gasteiger partial charge in [0.1, 0.15) is 0 Å². The summed E-state index contributed by atoms with van der Waals surface area (Å²) in [5.41, 5.74) is 5.17. The first-order valence-corrected chi connectivity index (χ1v) is 7.33. The van der Waals surface area contributed by atoms with Crippen molar-refractivity contribution in [2.75, 3.05) is 24.5 Å². The average molecular weight is 266 g/mol. The van der Waals surface area contributed by atoms with Crippen molar-refractivity contribution in [3.63, 3.8) is 0 Å². The Balaban J connectivity index is 1.72. The minimum Gasteiger partial charge on any atom is -0.316 e. The van der Waals surface area contributed by atoms with Crippen molar-refractivity contribution in [1.82, 2.24) is 15.3 Å². The van der Waals surface area contributed by atoms with Crippen molar-refractivity contribution < 1.29 is 0 Å². The zero-order chi connectivity index (χ0) is 13.4. The highest BCUT2D eigenvalue weighted by Crippen LogP contribution is 2.32. The van der Waals surface area contributed by atoms with E-state index in [1.165, 1.54) is 22.5 Å². The third-order valence-electron chi connectivity index (χ3n) is 4.18. The summed E-state index contributed by atoms with van der Waals surface area (Å²) in [6.07, 6.45) is 5.14. The molecule has 0 atom stereocenters. The maximum Gasteiger partial charge on any atom is 0.230 e. The lowest BCUT2D eigenvalue weighted by Gasteiger charge is -2.18. The molecule has 0 bridgehead atoms. The number of para-hydroxylation sites is 1. The summed E-state index contributed by atoms with van der Waals surface area (Å²) in [6.45, 7) is 3.03. The Labute approximate surface area is 118 Å². The summed E-state index contributed by atoms with van der Waals surface area (Å²) < 4.78 is 0. The van der Waals surface area contributed by atoms with Crippen LogP contribution in [-0.4, -0.2) is 29.6 Å². The van der Waals surface area contributed by atoms with Crippen LogP contribution in [0.1, 0.15) is 16.8 Å². The highest BCUT2D eigenvalue weighted by Gasteiger charge is 2.22. The van der Waals surface area contributed by atoms with Gasteiger partial charge in [0.2, 0.25) is 5.95 Å². The van der Waals surface area contributed by atoms with Crippen LogP contribution in [0, 0.1) is 0 Å². The molecule has 1 aromatic carbocycles. The Bertz CT molecular complexity index is 638. The molecular weight excluding hydrogens is 248 g/mol. The van der Waals surface area contributed by atoms with Crippen LogP contribution >= 0.6 is 0 Å². The van der Waals surface area contributed by atoms with Gasteiger partial charge in [-0.1, -0.05) is 18.2 Å². The molecule has 0 aliphatic carbocycles. The first-order valence-electron chi connectivity index (χ1n) is 7.33. The molecule has 0 unspecified atom stereocenters. The van der Waals surface area contributed by atoms with E-state index in [2.05, 4.69) is 39.5 Å². The van der Waals surface area contributed by atoms with Gasteiger partial charge in [-0.05, 0) is 36.6 Å². The maximum absolute atomic E-state index is 4.83. The fourth-order valence-corrected chi connectivity index (χ4v) is 3.09. The van der Waals surface area contributed by atoms with Gasteiger partial charge in [0, 0.05) is 31.4 Å². The normalized spacial score (nSPS) is 17.5. The van der Waals surface area contributed by atoms with E-state index in [4.69, 9.17) is 4.98 Å². The van der Waals surface area contributed by atoms with Gasteiger partial charge in [0.25, 0.3) is 0 Å². The number of nitrogens with one attached hydrogen (secondary N) is 1. The van der Waals surface area contributed by atoms with Crippen LogP contribution in [0.2, 0.25) is 0 Å². The summed E-state index contributed by atoms with van der Waals surface area (Å²) in [5.74, 6) is 0.857. The molecule has 2 aliphatic rings. The largest absolute Gasteiger partial charge is 0.316 e. The van der Waals surface area contributed by atoms with E-state index in [9.17, 15) is 0 Å². The van der Waals surface area contributed by atoms with Crippen molar-refractivity contribution in [2.45, 2.75) is 19.3 Å². The van der Waals surface area contributed by atoms with Crippen LogP contribution < -0.4 is 10.2 Å². The number of anilines is 2. The quantitative estimate of drug-likeness (QED) is 0.855. The van der Waals surface area contributed by atoms with Crippen molar-refractivity contribution in [2.24, 2.45) is 0 Å². The first-order chi connectivity index (χ1) is 9.92. The molecule has 4 nitrogen and oxygen atoms in total. The Kier molecular flexibility index (Phi) is 2.89. The third kappa shape index (κ3) is 1.96. The minimum atomic E-state index is 0.857. The summed E-state index contributed by atoms with van der Waals surface area (Å²) in [5, 5.41) is 3.42. The Hall–Kier alpha value is -1.94. The van der Waals surface area contributed by atoms with Gasteiger partial charge < -0.3 is 10.2 Å². The molecular formula is C16H18N4. The molecule has 1 N–H and O–H groups in total. The van der Waals surface area contributed by atoms with Gasteiger partial charge in [-0.3, -0.25) is 0 Å². The molecule has 0 saturated carbocycles. The Morgan fingerprint density at radius 1 is 1.00 bits per heavy atom. The fraction of sp³-hybridized carbons (Fsp3) is 0.375. The average Bonchev–Trinajstić information content (AvgIpc) is 2.78. The van der Waals surface area contributed by atoms with Gasteiger partial charge in [0.05, 0.1) is 5.69 Å². The molecule has 102 valence electrons. The van der Waals surface area contributed by atoms with Crippen molar-refractivity contribution >= 4 is 11.6 Å². The number of rotatable bonds is 1. The summed E-state index contributed by atoms with van der Waals surface area (Å²) >= 11 is 0. The molecule has 0 radical (unpaired) electrons. The van der Waals surface area contributed by atoms with E-state index < -0.39 is 0 Å². The SMILES string of the molecule is c1ccc2c(c1)CCN2c1ncc2c(n1)CCNCC2. The van der Waals surface area contributed by atoms with Gasteiger partial charge in [0.15, 0.2) is 0 Å². The van der Waals surface area contributed by atoms with E-state index >= 15 is 0 Å². The van der Waals surface area contributed by atoms with Crippen LogP contribution in [0.25, 0.3) is 0 Å². The fourth-order valence-electron chi connectivity index (χ4n) is 3.09. The first kappa shape index (κ1) is 11.9. The predicted molar refractivity (Wildman–Crippen MR) is 79.5 cm³/mol. The van der Waals surface area contributed by atoms with E-state index in [1.807, 2.05) is 6.20 Å². The van der Waals surface area contributed by atoms with Crippen LogP contribution in [0.4, 0.5) is 11.6 Å². The van der Waals surface area contributed by atoms with Crippen LogP contribution in [0.15, 0.2) is 30.5 Å². The Morgan fingerprint density at radius 3 is 2.90 bits per heavy atom. The lowest BCUT2D eigenvalue weighted by atomic mass is 10.1. The molecule has 1 aromatic heterocycles. The smallest absolute Gasteiger partial charge is 0.230 e. The third-order valence-corrected chi connectivity index (χ3v) is 4.18. The maximum atomic E-state index is 4.83. The molecule has 2 aromatic rings. The van der Waals surface area contributed by atoms with E-state index in [-0.39, 0.29) is 0 Å². The number of aromatic nitrogens is 2. The lowest BCUT2D eigenvalue weighted by Crippen LogP contribution is -2.18. The molecule has 0 saturated heterocycles. The highest BCUT2D eigenvalue weighted by molar-refractivity contribution is 5.65. The van der Waals surface area contributed by atoms with E-state index in [0.29, 0.717) is 0 Å². The lowest BCUT2D eigenvalue weighted by molar-refractivity contribution is 0.708. The topological polar surface area (TPSA) is 41.1 Å². The highest BCUT2D eigenvalue weighted by atomic mass is 15.3. The monoisotopic (exact) mass is 266 g/mol. The number of benzene rings is 1. The van der Waals surface area contributed by atoms with Crippen LogP contribution in [0.3, 0.4) is 0 Å². The zero-order valence-corrected chi connectivity index (χ0v) is 11.5. The second-order valence-corrected chi connectivity index (χ2v) is 5.42. The van der Waals surface area contributed by atoms with Gasteiger partial charge in [-0.2, -0.15) is 0 Å². The van der Waals surface area contributed by atoms with Crippen LogP contribution in [-0.2, 0) is 19.3 Å². The number of hydrogen-bond acceptors (Lipinski definition) is 4. The standard InChI is InChI=1S/C16H18N4/c1-2-4-15-12(3-1)7-10-20(15)16-18-11-13-5-8-17-9-6-14(13)19-16/h1-4,11,17H,5-10H2. The summed E-state index contributed by atoms with van der Waals surface area (Å²) in [6, 6.07) is 8.55. The molecule has 20 heavy (non-hydrogen) atoms. The minimum absolute atomic E-state index is 0.857. The predicted octanol–water partition coefficient (Wildman–Crippen LogP) is 1.86. The molecule has 3 heterocycles. The molecule has 4 heteroatoms. The van der Waals surface area contributed by atoms with Crippen molar-refractivity contribution in [3.05, 3.63) is 47.3 Å². The van der Waals surface area contributed by atoms with E-state index in [0.717, 1.165) is 44.8 Å². The second kappa shape index (κ2) is 4.87. The molecule has 2 aliphatic heterocycles. The summed E-state index contributed by atoms with van der Waals surface area (Å²) in [7, 11) is 0. The van der Waals surface area contributed by atoms with Crippen LogP contribution in [0.5, 0.6) is 0 Å². The van der Waals surface area contributed by atoms with Gasteiger partial charge in [-0.15, -0.1) is 0 Å². The molecule has 4 rings (SSSR count). The number of hydrogen-bond donors (Lipinski definition) is 1. The van der Waals surface area contributed by atoms with Gasteiger partial charge >= 0.3 is 0 Å². The number of nitrogens with zero attached hydrogens (tertiary/aromatic N) is 3. The molecule has 0 spiro atoms. The molecule has 0 fully saturated rings. The van der Waals surface area contributed by atoms with Crippen molar-refractivity contribution in [3.8, 4) is 0 Å². The van der Waals surface area contributed by atoms with Gasteiger partial charge in [-0.25, -0.2) is 9.97 Å².